The number of aliphatic hydroxyl groups is 3. The number of rotatable bonds is 8. The van der Waals surface area contributed by atoms with Crippen LogP contribution >= 0.6 is 0 Å². The highest BCUT2D eigenvalue weighted by atomic mass is 16.7. The lowest BCUT2D eigenvalue weighted by Gasteiger charge is -2.50. The Bertz CT molecular complexity index is 1730. The number of anilines is 1. The van der Waals surface area contributed by atoms with Crippen molar-refractivity contribution in [2.24, 2.45) is 28.4 Å². The van der Waals surface area contributed by atoms with Gasteiger partial charge in [-0.2, -0.15) is 0 Å². The van der Waals surface area contributed by atoms with E-state index in [1.165, 1.54) is 23.9 Å². The number of primary amides is 1. The van der Waals surface area contributed by atoms with Crippen LogP contribution < -0.4 is 10.6 Å². The number of Topliss-reactive ketones (excluding diaryl/α,β-unsaturated/α-hetero) is 2. The van der Waals surface area contributed by atoms with Gasteiger partial charge in [-0.05, 0) is 70.7 Å². The fourth-order valence-corrected chi connectivity index (χ4v) is 7.27. The number of aliphatic hydroxyl groups excluding tert-OH is 2. The summed E-state index contributed by atoms with van der Waals surface area (Å²) in [4.78, 5) is 70.0. The fourth-order valence-electron chi connectivity index (χ4n) is 7.27. The smallest absolute Gasteiger partial charge is 0.412 e. The first-order valence-electron chi connectivity index (χ1n) is 16.6. The van der Waals surface area contributed by atoms with E-state index in [0.29, 0.717) is 11.3 Å². The highest BCUT2D eigenvalue weighted by Crippen LogP contribution is 2.54. The third-order valence-electron chi connectivity index (χ3n) is 9.53. The predicted octanol–water partition coefficient (Wildman–Crippen LogP) is 2.56. The van der Waals surface area contributed by atoms with Gasteiger partial charge in [-0.25, -0.2) is 4.79 Å². The minimum atomic E-state index is -2.77. The average Bonchev–Trinajstić information content (AvgIpc) is 2.98. The van der Waals surface area contributed by atoms with Crippen LogP contribution in [-0.2, 0) is 41.6 Å². The molecule has 1 aromatic carbocycles. The Morgan fingerprint density at radius 2 is 1.61 bits per heavy atom. The Labute approximate surface area is 297 Å². The molecule has 0 saturated heterocycles. The molecule has 0 aromatic heterocycles. The van der Waals surface area contributed by atoms with Crippen LogP contribution in [0.3, 0.4) is 0 Å². The first-order chi connectivity index (χ1) is 23.3. The SMILES string of the molecule is CN(C)c1cc(CN(CC(C)(C)C)C(=O)OCOC(=O)C(C)(C)C)c(O)c2c1CC1CC3C(N(C)C)C(=O)C(C(N)=O)=C(O)C3(O)C(=O)C1=C2O. The van der Waals surface area contributed by atoms with Crippen molar-refractivity contribution in [2.75, 3.05) is 46.4 Å². The first-order valence-corrected chi connectivity index (χ1v) is 16.6. The lowest BCUT2D eigenvalue weighted by molar-refractivity contribution is -0.162. The number of phenolic OH excluding ortho intramolecular Hbond substituents is 1. The molecule has 0 bridgehead atoms. The largest absolute Gasteiger partial charge is 0.508 e. The van der Waals surface area contributed by atoms with Gasteiger partial charge in [0.05, 0.1) is 23.6 Å². The maximum atomic E-state index is 14.3. The number of ether oxygens (including phenoxy) is 2. The normalized spacial score (nSPS) is 23.4. The van der Waals surface area contributed by atoms with Gasteiger partial charge in [0.2, 0.25) is 12.6 Å². The van der Waals surface area contributed by atoms with Gasteiger partial charge in [0, 0.05) is 43.4 Å². The lowest BCUT2D eigenvalue weighted by atomic mass is 9.57. The van der Waals surface area contributed by atoms with Gasteiger partial charge in [0.1, 0.15) is 22.8 Å². The van der Waals surface area contributed by atoms with Gasteiger partial charge in [-0.3, -0.25) is 24.1 Å². The van der Waals surface area contributed by atoms with Crippen LogP contribution in [-0.4, -0.2) is 113 Å². The molecule has 0 heterocycles. The summed E-state index contributed by atoms with van der Waals surface area (Å²) in [6.45, 7) is 9.95. The third kappa shape index (κ3) is 7.01. The number of likely N-dealkylation sites (N-methyl/N-ethyl adjacent to an activating group) is 1. The minimum absolute atomic E-state index is 0.0495. The summed E-state index contributed by atoms with van der Waals surface area (Å²) >= 11 is 0. The number of benzene rings is 1. The van der Waals surface area contributed by atoms with Crippen LogP contribution in [0.25, 0.3) is 5.76 Å². The molecule has 4 atom stereocenters. The molecule has 3 aliphatic rings. The molecule has 51 heavy (non-hydrogen) atoms. The van der Waals surface area contributed by atoms with Crippen molar-refractivity contribution in [2.45, 2.75) is 72.6 Å². The number of hydrogen-bond acceptors (Lipinski definition) is 13. The van der Waals surface area contributed by atoms with Gasteiger partial charge in [0.25, 0.3) is 5.91 Å². The second-order valence-corrected chi connectivity index (χ2v) is 16.2. The summed E-state index contributed by atoms with van der Waals surface area (Å²) in [7, 11) is 6.57. The Balaban J connectivity index is 1.83. The van der Waals surface area contributed by atoms with Gasteiger partial charge in [0.15, 0.2) is 11.4 Å². The van der Waals surface area contributed by atoms with Crippen molar-refractivity contribution in [1.82, 2.24) is 9.80 Å². The van der Waals surface area contributed by atoms with Crippen molar-refractivity contribution >= 4 is 41.0 Å². The van der Waals surface area contributed by atoms with E-state index >= 15 is 0 Å². The summed E-state index contributed by atoms with van der Waals surface area (Å²) in [5.74, 6) is -8.04. The highest BCUT2D eigenvalue weighted by Gasteiger charge is 2.64. The number of aromatic hydroxyl groups is 1. The van der Waals surface area contributed by atoms with E-state index in [0.717, 1.165) is 0 Å². The van der Waals surface area contributed by atoms with Crippen molar-refractivity contribution in [3.63, 3.8) is 0 Å². The summed E-state index contributed by atoms with van der Waals surface area (Å²) in [5, 5.41) is 46.7. The molecular weight excluding hydrogens is 664 g/mol. The number of fused-ring (bicyclic) bond motifs is 3. The summed E-state index contributed by atoms with van der Waals surface area (Å²) in [6, 6.07) is 0.466. The molecule has 0 aliphatic heterocycles. The molecule has 1 saturated carbocycles. The summed E-state index contributed by atoms with van der Waals surface area (Å²) in [6.07, 6.45) is -0.780. The van der Waals surface area contributed by atoms with Gasteiger partial charge in [-0.15, -0.1) is 0 Å². The molecule has 4 unspecified atom stereocenters. The van der Waals surface area contributed by atoms with Gasteiger partial charge < -0.3 is 45.4 Å². The Hall–Kier alpha value is -4.63. The Kier molecular flexibility index (Phi) is 10.4. The van der Waals surface area contributed by atoms with E-state index in [2.05, 4.69) is 0 Å². The van der Waals surface area contributed by atoms with E-state index < -0.39 is 93.5 Å². The maximum Gasteiger partial charge on any atom is 0.412 e. The van der Waals surface area contributed by atoms with E-state index in [1.807, 2.05) is 20.8 Å². The van der Waals surface area contributed by atoms with E-state index in [9.17, 15) is 44.4 Å². The van der Waals surface area contributed by atoms with Gasteiger partial charge in [-0.1, -0.05) is 20.8 Å². The number of phenols is 1. The van der Waals surface area contributed by atoms with E-state index in [-0.39, 0.29) is 42.6 Å². The quantitative estimate of drug-likeness (QED) is 0.149. The number of esters is 1. The Morgan fingerprint density at radius 3 is 2.12 bits per heavy atom. The topological polar surface area (TPSA) is 220 Å². The molecule has 280 valence electrons. The molecule has 2 amide bonds. The van der Waals surface area contributed by atoms with Crippen LogP contribution in [0.5, 0.6) is 5.75 Å². The number of nitrogens with two attached hydrogens (primary N) is 1. The number of nitrogens with zero attached hydrogens (tertiary/aromatic N) is 3. The number of carbonyl (C=O) groups is 5. The van der Waals surface area contributed by atoms with Gasteiger partial charge >= 0.3 is 12.1 Å². The number of ketones is 2. The second-order valence-electron chi connectivity index (χ2n) is 16.2. The molecule has 3 aliphatic carbocycles. The molecule has 1 fully saturated rings. The number of hydrogen-bond donors (Lipinski definition) is 5. The number of carbonyl (C=O) groups excluding carboxylic acids is 5. The number of amides is 2. The van der Waals surface area contributed by atoms with Crippen molar-refractivity contribution in [3.8, 4) is 5.75 Å². The van der Waals surface area contributed by atoms with Crippen molar-refractivity contribution < 1.29 is 53.9 Å². The van der Waals surface area contributed by atoms with Crippen LogP contribution in [0, 0.1) is 22.7 Å². The maximum absolute atomic E-state index is 14.3. The molecule has 0 spiro atoms. The molecule has 15 nitrogen and oxygen atoms in total. The second kappa shape index (κ2) is 13.5. The molecule has 6 N–H and O–H groups in total. The van der Waals surface area contributed by atoms with Crippen LogP contribution in [0.2, 0.25) is 0 Å². The minimum Gasteiger partial charge on any atom is -0.508 e. The third-order valence-corrected chi connectivity index (χ3v) is 9.53. The highest BCUT2D eigenvalue weighted by molar-refractivity contribution is 6.24. The standard InChI is InChI=1S/C36H50N4O11/c1-34(2,3)15-40(33(48)51-16-50-32(47)35(4,5)6)14-18-13-21(38(7)8)19-11-17-12-20-25(39(9)10)28(43)24(31(37)46)30(45)36(20,49)29(44)22(17)27(42)23(19)26(18)41/h13,17,20,25,41-42,45,49H,11-12,14-16H2,1-10H3,(H2,37,46). The Morgan fingerprint density at radius 1 is 1.00 bits per heavy atom. The predicted molar refractivity (Wildman–Crippen MR) is 185 cm³/mol. The van der Waals surface area contributed by atoms with E-state index in [4.69, 9.17) is 15.2 Å². The molecule has 1 aromatic rings. The van der Waals surface area contributed by atoms with Crippen LogP contribution in [0.4, 0.5) is 10.5 Å². The van der Waals surface area contributed by atoms with E-state index in [1.54, 1.807) is 45.8 Å². The summed E-state index contributed by atoms with van der Waals surface area (Å²) in [5.41, 5.74) is 1.33. The van der Waals surface area contributed by atoms with Crippen molar-refractivity contribution in [1.29, 1.82) is 0 Å². The molecule has 4 rings (SSSR count). The molecular formula is C36H50N4O11. The molecule has 0 radical (unpaired) electrons. The average molecular weight is 715 g/mol. The fraction of sp³-hybridized carbons (Fsp3) is 0.583. The molecule has 15 heteroatoms. The monoisotopic (exact) mass is 714 g/mol. The van der Waals surface area contributed by atoms with Crippen LogP contribution in [0.1, 0.15) is 64.7 Å². The van der Waals surface area contributed by atoms with Crippen molar-refractivity contribution in [3.05, 3.63) is 39.7 Å². The van der Waals surface area contributed by atoms with Crippen LogP contribution in [0.15, 0.2) is 23.0 Å². The zero-order valence-corrected chi connectivity index (χ0v) is 30.9. The lowest BCUT2D eigenvalue weighted by Crippen LogP contribution is -2.65. The zero-order valence-electron chi connectivity index (χ0n) is 30.9. The first kappa shape index (κ1) is 39.2. The summed E-state index contributed by atoms with van der Waals surface area (Å²) < 4.78 is 10.4. The zero-order chi connectivity index (χ0) is 38.7.